The van der Waals surface area contributed by atoms with E-state index in [1.165, 1.54) is 116 Å². The molecule has 3 unspecified atom stereocenters. The number of nitrogens with one attached hydrogen (secondary N) is 1. The minimum absolute atomic E-state index is 0.0120. The Labute approximate surface area is 370 Å². The summed E-state index contributed by atoms with van der Waals surface area (Å²) < 4.78 is 23.1. The Hall–Kier alpha value is -2.06. The number of rotatable bonds is 43. The average molecular weight is 861 g/mol. The molecule has 0 rings (SSSR count). The summed E-state index contributed by atoms with van der Waals surface area (Å²) in [5, 5.41) is 13.7. The van der Waals surface area contributed by atoms with Crippen molar-refractivity contribution in [1.29, 1.82) is 0 Å². The topological polar surface area (TPSA) is 108 Å². The maximum Gasteiger partial charge on any atom is 0.268 e. The first kappa shape index (κ1) is 57.9. The summed E-state index contributed by atoms with van der Waals surface area (Å²) in [6, 6.07) is -0.910. The summed E-state index contributed by atoms with van der Waals surface area (Å²) in [5.74, 6) is -0.218. The molecule has 0 bridgehead atoms. The van der Waals surface area contributed by atoms with Crippen LogP contribution in [0.2, 0.25) is 0 Å². The minimum Gasteiger partial charge on any atom is -0.756 e. The van der Waals surface area contributed by atoms with Crippen molar-refractivity contribution < 1.29 is 32.9 Å². The molecule has 3 atom stereocenters. The first-order valence-corrected chi connectivity index (χ1v) is 25.7. The molecule has 1 amide bonds. The second-order valence-corrected chi connectivity index (χ2v) is 18.9. The highest BCUT2D eigenvalue weighted by Gasteiger charge is 2.23. The molecular formula is C51H93N2O6P. The Morgan fingerprint density at radius 3 is 1.55 bits per heavy atom. The lowest BCUT2D eigenvalue weighted by Crippen LogP contribution is -2.45. The van der Waals surface area contributed by atoms with Crippen LogP contribution in [0.5, 0.6) is 0 Å². The fourth-order valence-corrected chi connectivity index (χ4v) is 7.33. The standard InChI is InChI=1S/C51H93N2O6P/c1-6-8-10-12-14-16-17-18-19-20-21-22-23-24-25-26-27-28-29-30-31-32-33-34-35-37-39-41-43-45-51(55)52-49(48-59-60(56,57)58-47-46-53(3,4)5)50(54)44-42-40-38-36-15-13-11-9-7-2/h7,9,15,17-18,20-21,23-24,36,42,44,49-50,54H,6,8,10-14,16,19,22,25-35,37-41,43,45-48H2,1-5H3,(H-,52,55,56,57)/b9-7+,18-17-,21-20-,24-23-,36-15+,44-42+. The SMILES string of the molecule is C/C=C/CC/C=C/CC/C=C/C(O)C(COP(=O)([O-])OCC[N+](C)(C)C)NC(=O)CCCCCCCCCCCCCCCC/C=C\C/C=C\C/C=C\CCCCCCC. The molecule has 8 nitrogen and oxygen atoms in total. The Morgan fingerprint density at radius 2 is 1.05 bits per heavy atom. The Balaban J connectivity index is 4.09. The number of hydrogen-bond donors (Lipinski definition) is 2. The van der Waals surface area contributed by atoms with Crippen LogP contribution < -0.4 is 10.2 Å². The van der Waals surface area contributed by atoms with Crippen molar-refractivity contribution in [2.75, 3.05) is 40.9 Å². The van der Waals surface area contributed by atoms with Crippen molar-refractivity contribution in [1.82, 2.24) is 5.32 Å². The molecule has 0 saturated heterocycles. The van der Waals surface area contributed by atoms with E-state index in [0.29, 0.717) is 17.4 Å². The molecule has 0 heterocycles. The molecule has 0 aliphatic rings. The summed E-state index contributed by atoms with van der Waals surface area (Å²) in [5.41, 5.74) is 0. The van der Waals surface area contributed by atoms with Gasteiger partial charge in [0.1, 0.15) is 13.2 Å². The van der Waals surface area contributed by atoms with E-state index in [4.69, 9.17) is 9.05 Å². The second kappa shape index (κ2) is 42.3. The summed E-state index contributed by atoms with van der Waals surface area (Å²) >= 11 is 0. The Morgan fingerprint density at radius 1 is 0.617 bits per heavy atom. The van der Waals surface area contributed by atoms with Crippen LogP contribution in [0.25, 0.3) is 0 Å². The lowest BCUT2D eigenvalue weighted by atomic mass is 10.0. The summed E-state index contributed by atoms with van der Waals surface area (Å²) in [4.78, 5) is 25.3. The molecule has 60 heavy (non-hydrogen) atoms. The van der Waals surface area contributed by atoms with E-state index >= 15 is 0 Å². The average Bonchev–Trinajstić information content (AvgIpc) is 3.20. The van der Waals surface area contributed by atoms with Gasteiger partial charge < -0.3 is 28.8 Å². The molecule has 0 aromatic carbocycles. The van der Waals surface area contributed by atoms with Gasteiger partial charge in [0.2, 0.25) is 5.91 Å². The van der Waals surface area contributed by atoms with Crippen LogP contribution in [0.4, 0.5) is 0 Å². The van der Waals surface area contributed by atoms with Crippen molar-refractivity contribution in [3.8, 4) is 0 Å². The van der Waals surface area contributed by atoms with E-state index in [0.717, 1.165) is 57.8 Å². The largest absolute Gasteiger partial charge is 0.756 e. The first-order valence-electron chi connectivity index (χ1n) is 24.3. The molecule has 9 heteroatoms. The molecular weight excluding hydrogens is 768 g/mol. The number of nitrogens with zero attached hydrogens (tertiary/aromatic N) is 1. The molecule has 348 valence electrons. The van der Waals surface area contributed by atoms with Crippen molar-refractivity contribution in [3.05, 3.63) is 72.9 Å². The van der Waals surface area contributed by atoms with E-state index in [1.807, 2.05) is 40.2 Å². The number of unbranched alkanes of at least 4 members (excludes halogenated alkanes) is 21. The Kier molecular flexibility index (Phi) is 40.8. The van der Waals surface area contributed by atoms with Gasteiger partial charge in [-0.25, -0.2) is 0 Å². The van der Waals surface area contributed by atoms with Crippen LogP contribution in [0, 0.1) is 0 Å². The van der Waals surface area contributed by atoms with Crippen molar-refractivity contribution >= 4 is 13.7 Å². The number of allylic oxidation sites excluding steroid dienone is 11. The number of likely N-dealkylation sites (N-methyl/N-ethyl adjacent to an activating group) is 1. The van der Waals surface area contributed by atoms with Gasteiger partial charge in [-0.15, -0.1) is 0 Å². The number of hydrogen-bond acceptors (Lipinski definition) is 6. The number of aliphatic hydroxyl groups excluding tert-OH is 1. The molecule has 0 aromatic heterocycles. The third kappa shape index (κ3) is 44.0. The van der Waals surface area contributed by atoms with Gasteiger partial charge in [0.05, 0.1) is 39.9 Å². The van der Waals surface area contributed by atoms with E-state index in [9.17, 15) is 19.4 Å². The maximum absolute atomic E-state index is 12.8. The number of carbonyl (C=O) groups is 1. The number of carbonyl (C=O) groups excluding carboxylic acids is 1. The minimum atomic E-state index is -4.60. The maximum atomic E-state index is 12.8. The van der Waals surface area contributed by atoms with E-state index < -0.39 is 26.6 Å². The molecule has 0 spiro atoms. The van der Waals surface area contributed by atoms with Crippen molar-refractivity contribution in [3.63, 3.8) is 0 Å². The van der Waals surface area contributed by atoms with Gasteiger partial charge in [0.25, 0.3) is 7.82 Å². The van der Waals surface area contributed by atoms with E-state index in [1.54, 1.807) is 6.08 Å². The normalized spacial score (nSPS) is 14.8. The summed E-state index contributed by atoms with van der Waals surface area (Å²) in [6.45, 7) is 4.36. The number of amides is 1. The third-order valence-electron chi connectivity index (χ3n) is 10.5. The van der Waals surface area contributed by atoms with E-state index in [-0.39, 0.29) is 12.5 Å². The predicted molar refractivity (Wildman–Crippen MR) is 256 cm³/mol. The van der Waals surface area contributed by atoms with Crippen LogP contribution in [0.1, 0.15) is 194 Å². The van der Waals surface area contributed by atoms with Crippen LogP contribution in [-0.2, 0) is 18.4 Å². The second-order valence-electron chi connectivity index (χ2n) is 17.5. The van der Waals surface area contributed by atoms with Crippen LogP contribution in [0.3, 0.4) is 0 Å². The highest BCUT2D eigenvalue weighted by Crippen LogP contribution is 2.38. The molecule has 0 radical (unpaired) electrons. The number of phosphoric ester groups is 1. The number of quaternary nitrogens is 1. The van der Waals surface area contributed by atoms with E-state index in [2.05, 4.69) is 66.9 Å². The van der Waals surface area contributed by atoms with Gasteiger partial charge in [-0.3, -0.25) is 9.36 Å². The zero-order valence-corrected chi connectivity index (χ0v) is 40.3. The number of phosphoric acid groups is 1. The molecule has 2 N–H and O–H groups in total. The lowest BCUT2D eigenvalue weighted by Gasteiger charge is -2.29. The smallest absolute Gasteiger partial charge is 0.268 e. The monoisotopic (exact) mass is 861 g/mol. The van der Waals surface area contributed by atoms with Gasteiger partial charge in [0.15, 0.2) is 0 Å². The third-order valence-corrected chi connectivity index (χ3v) is 11.4. The van der Waals surface area contributed by atoms with Gasteiger partial charge >= 0.3 is 0 Å². The van der Waals surface area contributed by atoms with Crippen LogP contribution >= 0.6 is 7.82 Å². The van der Waals surface area contributed by atoms with Gasteiger partial charge in [-0.2, -0.15) is 0 Å². The first-order chi connectivity index (χ1) is 29.0. The quantitative estimate of drug-likeness (QED) is 0.0274. The zero-order valence-electron chi connectivity index (χ0n) is 39.4. The Bertz CT molecular complexity index is 1200. The fraction of sp³-hybridized carbons (Fsp3) is 0.745. The van der Waals surface area contributed by atoms with Crippen LogP contribution in [0.15, 0.2) is 72.9 Å². The molecule has 0 fully saturated rings. The lowest BCUT2D eigenvalue weighted by molar-refractivity contribution is -0.870. The highest BCUT2D eigenvalue weighted by molar-refractivity contribution is 7.45. The molecule has 0 saturated carbocycles. The predicted octanol–water partition coefficient (Wildman–Crippen LogP) is 13.3. The molecule has 0 aliphatic heterocycles. The van der Waals surface area contributed by atoms with Crippen LogP contribution in [-0.4, -0.2) is 68.5 Å². The van der Waals surface area contributed by atoms with Crippen molar-refractivity contribution in [2.24, 2.45) is 0 Å². The fourth-order valence-electron chi connectivity index (χ4n) is 6.61. The molecule has 0 aliphatic carbocycles. The van der Waals surface area contributed by atoms with Gasteiger partial charge in [0, 0.05) is 6.42 Å². The van der Waals surface area contributed by atoms with Crippen molar-refractivity contribution in [2.45, 2.75) is 206 Å². The number of aliphatic hydroxyl groups is 1. The van der Waals surface area contributed by atoms with Gasteiger partial charge in [-0.05, 0) is 77.6 Å². The summed E-state index contributed by atoms with van der Waals surface area (Å²) in [7, 11) is 1.22. The summed E-state index contributed by atoms with van der Waals surface area (Å²) in [6.07, 6.45) is 57.1. The molecule has 0 aromatic rings. The highest BCUT2D eigenvalue weighted by atomic mass is 31.2. The zero-order chi connectivity index (χ0) is 44.3. The van der Waals surface area contributed by atoms with Gasteiger partial charge in [-0.1, -0.05) is 183 Å².